The molecule has 0 atom stereocenters. The van der Waals surface area contributed by atoms with Crippen molar-refractivity contribution in [3.05, 3.63) is 47.2 Å². The van der Waals surface area contributed by atoms with E-state index in [2.05, 4.69) is 24.4 Å². The van der Waals surface area contributed by atoms with Crippen LogP contribution in [-0.4, -0.2) is 23.9 Å². The van der Waals surface area contributed by atoms with Crippen LogP contribution in [0, 0.1) is 11.3 Å². The second kappa shape index (κ2) is 7.49. The number of nitrogens with one attached hydrogen (secondary N) is 1. The molecule has 2 rings (SSSR count). The lowest BCUT2D eigenvalue weighted by atomic mass is 10.0. The van der Waals surface area contributed by atoms with Gasteiger partial charge in [0.25, 0.3) is 5.91 Å². The molecule has 0 aromatic heterocycles. The van der Waals surface area contributed by atoms with E-state index in [1.807, 2.05) is 23.1 Å². The Hall–Kier alpha value is -2.28. The van der Waals surface area contributed by atoms with Gasteiger partial charge in [-0.1, -0.05) is 37.6 Å². The minimum Gasteiger partial charge on any atom is -0.371 e. The van der Waals surface area contributed by atoms with Crippen molar-refractivity contribution in [3.63, 3.8) is 0 Å². The number of rotatable bonds is 5. The fourth-order valence-corrected chi connectivity index (χ4v) is 2.42. The summed E-state index contributed by atoms with van der Waals surface area (Å²) in [4.78, 5) is 14.0. The van der Waals surface area contributed by atoms with E-state index < -0.39 is 0 Å². The molecule has 1 heterocycles. The van der Waals surface area contributed by atoms with E-state index in [0.29, 0.717) is 6.54 Å². The van der Waals surface area contributed by atoms with Crippen molar-refractivity contribution in [3.8, 4) is 6.07 Å². The topological polar surface area (TPSA) is 56.1 Å². The molecule has 1 aromatic rings. The summed E-state index contributed by atoms with van der Waals surface area (Å²) in [7, 11) is 0. The van der Waals surface area contributed by atoms with Crippen molar-refractivity contribution in [1.82, 2.24) is 10.2 Å². The summed E-state index contributed by atoms with van der Waals surface area (Å²) >= 11 is 0. The largest absolute Gasteiger partial charge is 0.371 e. The standard InChI is InChI=1S/C17H21N3O/c1-2-3-9-19-17(21)16(11-18)13-20-10-8-14-6-4-5-7-15(14)12-20/h4-7,13H,2-3,8-10,12H2,1H3,(H,19,21)/b16-13-. The highest BCUT2D eigenvalue weighted by Crippen LogP contribution is 2.19. The van der Waals surface area contributed by atoms with Gasteiger partial charge in [-0.2, -0.15) is 5.26 Å². The van der Waals surface area contributed by atoms with Gasteiger partial charge in [-0.15, -0.1) is 0 Å². The molecular formula is C17H21N3O. The molecule has 1 N–H and O–H groups in total. The summed E-state index contributed by atoms with van der Waals surface area (Å²) in [5.41, 5.74) is 2.81. The highest BCUT2D eigenvalue weighted by molar-refractivity contribution is 5.97. The first-order valence-corrected chi connectivity index (χ1v) is 7.45. The van der Waals surface area contributed by atoms with Gasteiger partial charge < -0.3 is 10.2 Å². The minimum absolute atomic E-state index is 0.186. The Balaban J connectivity index is 2.01. The van der Waals surface area contributed by atoms with Crippen LogP contribution in [-0.2, 0) is 17.8 Å². The molecule has 1 aromatic carbocycles. The van der Waals surface area contributed by atoms with Gasteiger partial charge in [0.2, 0.25) is 0 Å². The Labute approximate surface area is 126 Å². The van der Waals surface area contributed by atoms with Crippen molar-refractivity contribution in [2.45, 2.75) is 32.7 Å². The molecule has 0 fully saturated rings. The Bertz CT molecular complexity index is 572. The van der Waals surface area contributed by atoms with E-state index in [-0.39, 0.29) is 11.5 Å². The second-order valence-electron chi connectivity index (χ2n) is 5.25. The van der Waals surface area contributed by atoms with Crippen LogP contribution in [0.3, 0.4) is 0 Å². The number of carbonyl (C=O) groups is 1. The second-order valence-corrected chi connectivity index (χ2v) is 5.25. The summed E-state index contributed by atoms with van der Waals surface area (Å²) in [5, 5.41) is 12.0. The lowest BCUT2D eigenvalue weighted by molar-refractivity contribution is -0.117. The van der Waals surface area contributed by atoms with E-state index in [9.17, 15) is 10.1 Å². The van der Waals surface area contributed by atoms with Crippen molar-refractivity contribution in [2.24, 2.45) is 0 Å². The van der Waals surface area contributed by atoms with Crippen molar-refractivity contribution in [1.29, 1.82) is 5.26 Å². The number of amides is 1. The van der Waals surface area contributed by atoms with Gasteiger partial charge in [-0.25, -0.2) is 0 Å². The van der Waals surface area contributed by atoms with Crippen LogP contribution in [0.1, 0.15) is 30.9 Å². The molecule has 1 aliphatic rings. The van der Waals surface area contributed by atoms with Gasteiger partial charge in [0.15, 0.2) is 0 Å². The lowest BCUT2D eigenvalue weighted by Gasteiger charge is -2.27. The maximum absolute atomic E-state index is 11.9. The number of nitrogens with zero attached hydrogens (tertiary/aromatic N) is 2. The monoisotopic (exact) mass is 283 g/mol. The predicted molar refractivity (Wildman–Crippen MR) is 82.2 cm³/mol. The number of nitriles is 1. The van der Waals surface area contributed by atoms with Gasteiger partial charge in [-0.3, -0.25) is 4.79 Å². The van der Waals surface area contributed by atoms with Gasteiger partial charge >= 0.3 is 0 Å². The zero-order valence-electron chi connectivity index (χ0n) is 12.4. The van der Waals surface area contributed by atoms with Crippen LogP contribution in [0.2, 0.25) is 0 Å². The molecule has 4 nitrogen and oxygen atoms in total. The molecule has 0 saturated heterocycles. The van der Waals surface area contributed by atoms with E-state index in [1.54, 1.807) is 6.20 Å². The zero-order chi connectivity index (χ0) is 15.1. The first-order valence-electron chi connectivity index (χ1n) is 7.45. The Kier molecular flexibility index (Phi) is 5.39. The quantitative estimate of drug-likeness (QED) is 0.513. The van der Waals surface area contributed by atoms with Crippen molar-refractivity contribution in [2.75, 3.05) is 13.1 Å². The van der Waals surface area contributed by atoms with Crippen molar-refractivity contribution < 1.29 is 4.79 Å². The predicted octanol–water partition coefficient (Wildman–Crippen LogP) is 2.37. The molecule has 0 bridgehead atoms. The number of carbonyl (C=O) groups excluding carboxylic acids is 1. The number of fused-ring (bicyclic) bond motifs is 1. The Morgan fingerprint density at radius 2 is 2.19 bits per heavy atom. The minimum atomic E-state index is -0.273. The van der Waals surface area contributed by atoms with Crippen LogP contribution in [0.25, 0.3) is 0 Å². The van der Waals surface area contributed by atoms with Crippen LogP contribution in [0.4, 0.5) is 0 Å². The SMILES string of the molecule is CCCCNC(=O)/C(C#N)=C\N1CCc2ccccc2C1. The van der Waals surface area contributed by atoms with Crippen LogP contribution in [0.15, 0.2) is 36.0 Å². The Morgan fingerprint density at radius 3 is 2.90 bits per heavy atom. The summed E-state index contributed by atoms with van der Waals surface area (Å²) in [6.45, 7) is 4.28. The maximum Gasteiger partial charge on any atom is 0.263 e. The molecule has 110 valence electrons. The third-order valence-corrected chi connectivity index (χ3v) is 3.65. The highest BCUT2D eigenvalue weighted by atomic mass is 16.1. The average molecular weight is 283 g/mol. The first kappa shape index (κ1) is 15.1. The van der Waals surface area contributed by atoms with Gasteiger partial charge in [0, 0.05) is 25.8 Å². The zero-order valence-corrected chi connectivity index (χ0v) is 12.4. The molecule has 0 saturated carbocycles. The third kappa shape index (κ3) is 4.09. The lowest BCUT2D eigenvalue weighted by Crippen LogP contribution is -2.30. The molecule has 0 unspecified atom stereocenters. The first-order chi connectivity index (χ1) is 10.2. The fraction of sp³-hybridized carbons (Fsp3) is 0.412. The molecule has 0 radical (unpaired) electrons. The van der Waals surface area contributed by atoms with Crippen LogP contribution in [0.5, 0.6) is 0 Å². The average Bonchev–Trinajstić information content (AvgIpc) is 2.52. The number of benzene rings is 1. The number of unbranched alkanes of at least 4 members (excludes halogenated alkanes) is 1. The maximum atomic E-state index is 11.9. The highest BCUT2D eigenvalue weighted by Gasteiger charge is 2.16. The van der Waals surface area contributed by atoms with E-state index >= 15 is 0 Å². The van der Waals surface area contributed by atoms with E-state index in [1.165, 1.54) is 11.1 Å². The normalized spacial score (nSPS) is 14.3. The fourth-order valence-electron chi connectivity index (χ4n) is 2.42. The van der Waals surface area contributed by atoms with E-state index in [4.69, 9.17) is 0 Å². The molecule has 4 heteroatoms. The van der Waals surface area contributed by atoms with Crippen LogP contribution >= 0.6 is 0 Å². The van der Waals surface area contributed by atoms with E-state index in [0.717, 1.165) is 32.4 Å². The van der Waals surface area contributed by atoms with Gasteiger partial charge in [-0.05, 0) is 24.0 Å². The summed E-state index contributed by atoms with van der Waals surface area (Å²) in [5.74, 6) is -0.273. The molecule has 21 heavy (non-hydrogen) atoms. The third-order valence-electron chi connectivity index (χ3n) is 3.65. The summed E-state index contributed by atoms with van der Waals surface area (Å²) < 4.78 is 0. The Morgan fingerprint density at radius 1 is 1.43 bits per heavy atom. The molecule has 0 spiro atoms. The van der Waals surface area contributed by atoms with Gasteiger partial charge in [0.1, 0.15) is 11.6 Å². The molecule has 1 aliphatic heterocycles. The molecule has 0 aliphatic carbocycles. The molecule has 1 amide bonds. The van der Waals surface area contributed by atoms with Crippen molar-refractivity contribution >= 4 is 5.91 Å². The summed E-state index contributed by atoms with van der Waals surface area (Å²) in [6, 6.07) is 10.3. The number of hydrogen-bond donors (Lipinski definition) is 1. The molecular weight excluding hydrogens is 262 g/mol. The van der Waals surface area contributed by atoms with Gasteiger partial charge in [0.05, 0.1) is 0 Å². The van der Waals surface area contributed by atoms with Crippen LogP contribution < -0.4 is 5.32 Å². The number of hydrogen-bond acceptors (Lipinski definition) is 3. The smallest absolute Gasteiger partial charge is 0.263 e. The summed E-state index contributed by atoms with van der Waals surface area (Å²) in [6.07, 6.45) is 4.59.